The molecule has 0 bridgehead atoms. The Labute approximate surface area is 104 Å². The lowest BCUT2D eigenvalue weighted by Gasteiger charge is -2.20. The van der Waals surface area contributed by atoms with Crippen LogP contribution in [0.4, 0.5) is 13.2 Å². The molecule has 0 radical (unpaired) electrons. The second kappa shape index (κ2) is 6.15. The first kappa shape index (κ1) is 14.9. The molecule has 1 aromatic rings. The Morgan fingerprint density at radius 2 is 2.11 bits per heavy atom. The SMILES string of the molecule is COCC(C)CC(N)c1cnccc1C(F)(F)F. The molecule has 0 spiro atoms. The number of methoxy groups -OCH3 is 1. The van der Waals surface area contributed by atoms with Crippen LogP contribution in [-0.2, 0) is 10.9 Å². The van der Waals surface area contributed by atoms with E-state index >= 15 is 0 Å². The molecule has 0 fully saturated rings. The number of ether oxygens (including phenoxy) is 1. The smallest absolute Gasteiger partial charge is 0.384 e. The molecule has 0 saturated heterocycles. The lowest BCUT2D eigenvalue weighted by molar-refractivity contribution is -0.138. The second-order valence-corrected chi connectivity index (χ2v) is 4.36. The number of hydrogen-bond acceptors (Lipinski definition) is 3. The molecule has 3 nitrogen and oxygen atoms in total. The molecule has 2 N–H and O–H groups in total. The largest absolute Gasteiger partial charge is 0.416 e. The van der Waals surface area contributed by atoms with Crippen molar-refractivity contribution in [1.29, 1.82) is 0 Å². The fourth-order valence-electron chi connectivity index (χ4n) is 1.87. The Morgan fingerprint density at radius 3 is 2.67 bits per heavy atom. The van der Waals surface area contributed by atoms with Crippen molar-refractivity contribution < 1.29 is 17.9 Å². The van der Waals surface area contributed by atoms with Crippen LogP contribution in [0.25, 0.3) is 0 Å². The minimum absolute atomic E-state index is 0.0351. The van der Waals surface area contributed by atoms with Crippen LogP contribution in [0.15, 0.2) is 18.5 Å². The lowest BCUT2D eigenvalue weighted by atomic mass is 9.95. The number of hydrogen-bond donors (Lipinski definition) is 1. The van der Waals surface area contributed by atoms with Crippen molar-refractivity contribution in [2.75, 3.05) is 13.7 Å². The lowest BCUT2D eigenvalue weighted by Crippen LogP contribution is -2.21. The molecular weight excluding hydrogens is 245 g/mol. The molecule has 0 amide bonds. The van der Waals surface area contributed by atoms with Gasteiger partial charge >= 0.3 is 6.18 Å². The highest BCUT2D eigenvalue weighted by Gasteiger charge is 2.34. The fourth-order valence-corrected chi connectivity index (χ4v) is 1.87. The molecular formula is C12H17F3N2O. The summed E-state index contributed by atoms with van der Waals surface area (Å²) in [6.45, 7) is 2.35. The molecule has 2 atom stereocenters. The molecule has 18 heavy (non-hydrogen) atoms. The summed E-state index contributed by atoms with van der Waals surface area (Å²) in [5.41, 5.74) is 5.15. The first-order valence-electron chi connectivity index (χ1n) is 5.62. The molecule has 1 heterocycles. The predicted octanol–water partition coefficient (Wildman–Crippen LogP) is 2.77. The van der Waals surface area contributed by atoms with Gasteiger partial charge in [-0.25, -0.2) is 0 Å². The number of alkyl halides is 3. The van der Waals surface area contributed by atoms with E-state index in [1.54, 1.807) is 7.11 Å². The minimum Gasteiger partial charge on any atom is -0.384 e. The summed E-state index contributed by atoms with van der Waals surface area (Å²) in [6.07, 6.45) is -1.67. The van der Waals surface area contributed by atoms with E-state index in [0.717, 1.165) is 12.3 Å². The summed E-state index contributed by atoms with van der Waals surface area (Å²) >= 11 is 0. The standard InChI is InChI=1S/C12H17F3N2O/c1-8(7-18-2)5-11(16)9-6-17-4-3-10(9)12(13,14)15/h3-4,6,8,11H,5,7,16H2,1-2H3. The van der Waals surface area contributed by atoms with Gasteiger partial charge in [0.15, 0.2) is 0 Å². The van der Waals surface area contributed by atoms with E-state index in [4.69, 9.17) is 10.5 Å². The quantitative estimate of drug-likeness (QED) is 0.887. The van der Waals surface area contributed by atoms with Crippen LogP contribution in [0.5, 0.6) is 0 Å². The monoisotopic (exact) mass is 262 g/mol. The molecule has 0 aliphatic rings. The summed E-state index contributed by atoms with van der Waals surface area (Å²) < 4.78 is 43.3. The zero-order chi connectivity index (χ0) is 13.8. The maximum absolute atomic E-state index is 12.8. The van der Waals surface area contributed by atoms with Gasteiger partial charge in [-0.2, -0.15) is 13.2 Å². The number of pyridine rings is 1. The van der Waals surface area contributed by atoms with Gasteiger partial charge in [0.05, 0.1) is 5.56 Å². The van der Waals surface area contributed by atoms with Crippen molar-refractivity contribution in [2.45, 2.75) is 25.6 Å². The van der Waals surface area contributed by atoms with Gasteiger partial charge in [0.25, 0.3) is 0 Å². The topological polar surface area (TPSA) is 48.1 Å². The van der Waals surface area contributed by atoms with Gasteiger partial charge in [0.1, 0.15) is 0 Å². The molecule has 0 aliphatic heterocycles. The molecule has 0 aromatic carbocycles. The van der Waals surface area contributed by atoms with Crippen molar-refractivity contribution in [3.05, 3.63) is 29.6 Å². The van der Waals surface area contributed by atoms with Gasteiger partial charge in [0, 0.05) is 32.2 Å². The van der Waals surface area contributed by atoms with E-state index in [9.17, 15) is 13.2 Å². The van der Waals surface area contributed by atoms with Crippen LogP contribution in [0.3, 0.4) is 0 Å². The number of nitrogens with two attached hydrogens (primary N) is 1. The van der Waals surface area contributed by atoms with Crippen LogP contribution in [-0.4, -0.2) is 18.7 Å². The first-order valence-corrected chi connectivity index (χ1v) is 5.62. The highest BCUT2D eigenvalue weighted by molar-refractivity contribution is 5.29. The fraction of sp³-hybridized carbons (Fsp3) is 0.583. The van der Waals surface area contributed by atoms with Crippen molar-refractivity contribution in [3.8, 4) is 0 Å². The Hall–Kier alpha value is -1.14. The summed E-state index contributed by atoms with van der Waals surface area (Å²) in [5, 5.41) is 0. The number of nitrogens with zero attached hydrogens (tertiary/aromatic N) is 1. The molecule has 0 aliphatic carbocycles. The molecule has 1 aromatic heterocycles. The van der Waals surface area contributed by atoms with E-state index in [0.29, 0.717) is 13.0 Å². The van der Waals surface area contributed by atoms with E-state index in [1.165, 1.54) is 6.20 Å². The van der Waals surface area contributed by atoms with Crippen LogP contribution >= 0.6 is 0 Å². The van der Waals surface area contributed by atoms with Crippen molar-refractivity contribution in [2.24, 2.45) is 11.7 Å². The van der Waals surface area contributed by atoms with Gasteiger partial charge in [-0.15, -0.1) is 0 Å². The molecule has 0 saturated carbocycles. The van der Waals surface area contributed by atoms with E-state index in [1.807, 2.05) is 6.92 Å². The third-order valence-corrected chi connectivity index (χ3v) is 2.66. The van der Waals surface area contributed by atoms with Gasteiger partial charge in [0.2, 0.25) is 0 Å². The van der Waals surface area contributed by atoms with Crippen LogP contribution in [0, 0.1) is 5.92 Å². The molecule has 2 unspecified atom stereocenters. The van der Waals surface area contributed by atoms with E-state index in [2.05, 4.69) is 4.98 Å². The highest BCUT2D eigenvalue weighted by Crippen LogP contribution is 2.34. The second-order valence-electron chi connectivity index (χ2n) is 4.36. The first-order chi connectivity index (χ1) is 8.36. The number of halogens is 3. The minimum atomic E-state index is -4.40. The molecule has 102 valence electrons. The summed E-state index contributed by atoms with van der Waals surface area (Å²) in [5.74, 6) is 0.0892. The molecule has 6 heteroatoms. The average Bonchev–Trinajstić information content (AvgIpc) is 2.28. The Balaban J connectivity index is 2.89. The Morgan fingerprint density at radius 1 is 1.44 bits per heavy atom. The van der Waals surface area contributed by atoms with E-state index < -0.39 is 17.8 Å². The van der Waals surface area contributed by atoms with Crippen molar-refractivity contribution >= 4 is 0 Å². The Bertz CT molecular complexity index is 382. The van der Waals surface area contributed by atoms with Crippen LogP contribution < -0.4 is 5.73 Å². The summed E-state index contributed by atoms with van der Waals surface area (Å²) in [6, 6.07) is 0.261. The predicted molar refractivity (Wildman–Crippen MR) is 61.8 cm³/mol. The van der Waals surface area contributed by atoms with Gasteiger partial charge in [-0.1, -0.05) is 6.92 Å². The number of rotatable bonds is 5. The molecule has 1 rings (SSSR count). The summed E-state index contributed by atoms with van der Waals surface area (Å²) in [7, 11) is 1.55. The number of aromatic nitrogens is 1. The van der Waals surface area contributed by atoms with Crippen molar-refractivity contribution in [3.63, 3.8) is 0 Å². The zero-order valence-corrected chi connectivity index (χ0v) is 10.4. The third kappa shape index (κ3) is 3.96. The van der Waals surface area contributed by atoms with Crippen molar-refractivity contribution in [1.82, 2.24) is 4.98 Å². The van der Waals surface area contributed by atoms with Gasteiger partial charge in [-0.3, -0.25) is 4.98 Å². The van der Waals surface area contributed by atoms with E-state index in [-0.39, 0.29) is 11.5 Å². The van der Waals surface area contributed by atoms with Crippen LogP contribution in [0.1, 0.15) is 30.5 Å². The maximum atomic E-state index is 12.8. The maximum Gasteiger partial charge on any atom is 0.416 e. The van der Waals surface area contributed by atoms with Gasteiger partial charge in [-0.05, 0) is 24.0 Å². The normalized spacial score (nSPS) is 15.4. The van der Waals surface area contributed by atoms with Gasteiger partial charge < -0.3 is 10.5 Å². The average molecular weight is 262 g/mol. The Kier molecular flexibility index (Phi) is 5.10. The van der Waals surface area contributed by atoms with Crippen LogP contribution in [0.2, 0.25) is 0 Å². The summed E-state index contributed by atoms with van der Waals surface area (Å²) in [4.78, 5) is 3.72. The highest BCUT2D eigenvalue weighted by atomic mass is 19.4. The third-order valence-electron chi connectivity index (χ3n) is 2.66. The zero-order valence-electron chi connectivity index (χ0n) is 10.4.